The molecule has 9 nitrogen and oxygen atoms in total. The molecule has 2 atom stereocenters. The zero-order chi connectivity index (χ0) is 23.2. The second-order valence-electron chi connectivity index (χ2n) is 8.17. The van der Waals surface area contributed by atoms with Crippen LogP contribution < -0.4 is 15.5 Å². The third-order valence-electron chi connectivity index (χ3n) is 5.88. The molecule has 2 aliphatic heterocycles. The van der Waals surface area contributed by atoms with Crippen molar-refractivity contribution in [2.45, 2.75) is 19.1 Å². The molecule has 4 rings (SSSR count). The van der Waals surface area contributed by atoms with Crippen molar-refractivity contribution in [1.29, 1.82) is 0 Å². The van der Waals surface area contributed by atoms with Gasteiger partial charge in [0.2, 0.25) is 0 Å². The number of carbonyl (C=O) groups excluding carboxylic acids is 3. The van der Waals surface area contributed by atoms with Crippen molar-refractivity contribution in [3.8, 4) is 0 Å². The molecule has 33 heavy (non-hydrogen) atoms. The standard InChI is InChI=1S/C24H28N4O5/c1-17(29)18-7-9-19(10-8-18)25-23(30)32-16-22-21(26-24(31)33-22)15-27-11-13-28(14-12-27)20-5-3-2-4-6-20/h2-10,21-22H,11-16H2,1H3,(H,25,30)(H,26,31)/t21-,22+/m0/s1. The summed E-state index contributed by atoms with van der Waals surface area (Å²) in [7, 11) is 0. The summed E-state index contributed by atoms with van der Waals surface area (Å²) in [6, 6.07) is 16.6. The van der Waals surface area contributed by atoms with Gasteiger partial charge in [-0.25, -0.2) is 9.59 Å². The van der Waals surface area contributed by atoms with Crippen LogP contribution in [0.1, 0.15) is 17.3 Å². The number of nitrogens with one attached hydrogen (secondary N) is 2. The molecule has 2 saturated heterocycles. The number of alkyl carbamates (subject to hydrolysis) is 1. The summed E-state index contributed by atoms with van der Waals surface area (Å²) in [6.07, 6.45) is -1.71. The molecule has 9 heteroatoms. The average molecular weight is 453 g/mol. The molecule has 2 aromatic rings. The van der Waals surface area contributed by atoms with E-state index < -0.39 is 18.3 Å². The number of hydrogen-bond donors (Lipinski definition) is 2. The molecule has 2 aliphatic rings. The maximum absolute atomic E-state index is 12.2. The molecule has 0 bridgehead atoms. The summed E-state index contributed by atoms with van der Waals surface area (Å²) in [5, 5.41) is 5.43. The van der Waals surface area contributed by atoms with Crippen molar-refractivity contribution in [2.75, 3.05) is 49.5 Å². The van der Waals surface area contributed by atoms with Gasteiger partial charge in [-0.15, -0.1) is 0 Å². The monoisotopic (exact) mass is 452 g/mol. The van der Waals surface area contributed by atoms with Gasteiger partial charge in [-0.05, 0) is 43.3 Å². The van der Waals surface area contributed by atoms with Crippen LogP contribution in [-0.2, 0) is 9.47 Å². The number of Topliss-reactive ketones (excluding diaryl/α,β-unsaturated/α-hetero) is 1. The van der Waals surface area contributed by atoms with Crippen molar-refractivity contribution in [3.63, 3.8) is 0 Å². The molecule has 0 aromatic heterocycles. The Morgan fingerprint density at radius 1 is 1.06 bits per heavy atom. The molecule has 0 saturated carbocycles. The molecule has 174 valence electrons. The van der Waals surface area contributed by atoms with Crippen LogP contribution in [0.2, 0.25) is 0 Å². The van der Waals surface area contributed by atoms with Crippen molar-refractivity contribution in [3.05, 3.63) is 60.2 Å². The topological polar surface area (TPSA) is 100 Å². The van der Waals surface area contributed by atoms with E-state index in [4.69, 9.17) is 9.47 Å². The van der Waals surface area contributed by atoms with E-state index in [2.05, 4.69) is 32.6 Å². The largest absolute Gasteiger partial charge is 0.445 e. The van der Waals surface area contributed by atoms with E-state index in [0.29, 0.717) is 17.8 Å². The van der Waals surface area contributed by atoms with Gasteiger partial charge < -0.3 is 19.7 Å². The predicted molar refractivity (Wildman–Crippen MR) is 124 cm³/mol. The lowest BCUT2D eigenvalue weighted by atomic mass is 10.1. The van der Waals surface area contributed by atoms with Crippen molar-refractivity contribution >= 4 is 29.3 Å². The molecule has 0 radical (unpaired) electrons. The Labute approximate surface area is 192 Å². The van der Waals surface area contributed by atoms with Gasteiger partial charge >= 0.3 is 12.2 Å². The number of piperazine rings is 1. The van der Waals surface area contributed by atoms with E-state index >= 15 is 0 Å². The van der Waals surface area contributed by atoms with Crippen LogP contribution in [0.5, 0.6) is 0 Å². The van der Waals surface area contributed by atoms with Gasteiger partial charge in [-0.1, -0.05) is 18.2 Å². The maximum Gasteiger partial charge on any atom is 0.411 e. The van der Waals surface area contributed by atoms with E-state index in [1.165, 1.54) is 12.6 Å². The van der Waals surface area contributed by atoms with Crippen molar-refractivity contribution < 1.29 is 23.9 Å². The maximum atomic E-state index is 12.2. The summed E-state index contributed by atoms with van der Waals surface area (Å²) in [4.78, 5) is 39.9. The lowest BCUT2D eigenvalue weighted by Gasteiger charge is -2.37. The van der Waals surface area contributed by atoms with Gasteiger partial charge in [0.15, 0.2) is 11.9 Å². The number of para-hydroxylation sites is 1. The van der Waals surface area contributed by atoms with Gasteiger partial charge in [0.05, 0.1) is 6.04 Å². The van der Waals surface area contributed by atoms with Crippen LogP contribution >= 0.6 is 0 Å². The minimum absolute atomic E-state index is 0.0489. The Morgan fingerprint density at radius 2 is 1.76 bits per heavy atom. The molecule has 0 spiro atoms. The summed E-state index contributed by atoms with van der Waals surface area (Å²) in [6.45, 7) is 5.58. The summed E-state index contributed by atoms with van der Waals surface area (Å²) < 4.78 is 10.6. The molecule has 2 fully saturated rings. The summed E-state index contributed by atoms with van der Waals surface area (Å²) in [5.41, 5.74) is 2.28. The first-order valence-electron chi connectivity index (χ1n) is 11.0. The number of benzene rings is 2. The highest BCUT2D eigenvalue weighted by Gasteiger charge is 2.36. The quantitative estimate of drug-likeness (QED) is 0.623. The van der Waals surface area contributed by atoms with Crippen LogP contribution in [0.25, 0.3) is 0 Å². The number of nitrogens with zero attached hydrogens (tertiary/aromatic N) is 2. The Morgan fingerprint density at radius 3 is 2.42 bits per heavy atom. The third-order valence-corrected chi connectivity index (χ3v) is 5.88. The fraction of sp³-hybridized carbons (Fsp3) is 0.375. The van der Waals surface area contributed by atoms with Crippen LogP contribution in [-0.4, -0.2) is 74.3 Å². The van der Waals surface area contributed by atoms with Crippen LogP contribution in [0.15, 0.2) is 54.6 Å². The molecular weight excluding hydrogens is 424 g/mol. The summed E-state index contributed by atoms with van der Waals surface area (Å²) >= 11 is 0. The van der Waals surface area contributed by atoms with Gasteiger partial charge in [-0.2, -0.15) is 0 Å². The highest BCUT2D eigenvalue weighted by atomic mass is 16.6. The predicted octanol–water partition coefficient (Wildman–Crippen LogP) is 2.74. The van der Waals surface area contributed by atoms with Crippen molar-refractivity contribution in [2.24, 2.45) is 0 Å². The van der Waals surface area contributed by atoms with Crippen LogP contribution in [0, 0.1) is 0 Å². The number of rotatable bonds is 7. The third kappa shape index (κ3) is 6.01. The molecule has 2 aromatic carbocycles. The first-order valence-corrected chi connectivity index (χ1v) is 11.0. The molecule has 2 heterocycles. The Bertz CT molecular complexity index is 974. The lowest BCUT2D eigenvalue weighted by Crippen LogP contribution is -2.52. The first-order chi connectivity index (χ1) is 16.0. The van der Waals surface area contributed by atoms with Crippen molar-refractivity contribution in [1.82, 2.24) is 10.2 Å². The molecule has 2 N–H and O–H groups in total. The average Bonchev–Trinajstić information content (AvgIpc) is 3.18. The number of anilines is 2. The zero-order valence-corrected chi connectivity index (χ0v) is 18.5. The summed E-state index contributed by atoms with van der Waals surface area (Å²) in [5.74, 6) is -0.0489. The number of carbonyl (C=O) groups is 3. The fourth-order valence-corrected chi connectivity index (χ4v) is 4.02. The first kappa shape index (κ1) is 22.6. The van der Waals surface area contributed by atoms with E-state index in [1.807, 2.05) is 18.2 Å². The number of ketones is 1. The molecule has 0 aliphatic carbocycles. The smallest absolute Gasteiger partial charge is 0.411 e. The Balaban J connectivity index is 1.23. The second kappa shape index (κ2) is 10.4. The molecular formula is C24H28N4O5. The second-order valence-corrected chi connectivity index (χ2v) is 8.17. The SMILES string of the molecule is CC(=O)c1ccc(NC(=O)OC[C@H]2OC(=O)N[C@H]2CN2CCN(c3ccccc3)CC2)cc1. The van der Waals surface area contributed by atoms with Crippen LogP contribution in [0.4, 0.5) is 21.0 Å². The molecule has 2 amide bonds. The van der Waals surface area contributed by atoms with Gasteiger partial charge in [0.1, 0.15) is 6.61 Å². The Hall–Kier alpha value is -3.59. The van der Waals surface area contributed by atoms with E-state index in [9.17, 15) is 14.4 Å². The van der Waals surface area contributed by atoms with Gasteiger partial charge in [-0.3, -0.25) is 15.0 Å². The highest BCUT2D eigenvalue weighted by molar-refractivity contribution is 5.94. The normalized spacial score (nSPS) is 20.6. The van der Waals surface area contributed by atoms with Gasteiger partial charge in [0.25, 0.3) is 0 Å². The number of ether oxygens (including phenoxy) is 2. The minimum atomic E-state index is -0.649. The van der Waals surface area contributed by atoms with E-state index in [0.717, 1.165) is 26.2 Å². The minimum Gasteiger partial charge on any atom is -0.445 e. The number of hydrogen-bond acceptors (Lipinski definition) is 7. The Kier molecular flexibility index (Phi) is 7.09. The zero-order valence-electron chi connectivity index (χ0n) is 18.5. The van der Waals surface area contributed by atoms with Crippen LogP contribution in [0.3, 0.4) is 0 Å². The van der Waals surface area contributed by atoms with E-state index in [1.54, 1.807) is 24.3 Å². The highest BCUT2D eigenvalue weighted by Crippen LogP contribution is 2.18. The number of amides is 2. The number of cyclic esters (lactones) is 1. The lowest BCUT2D eigenvalue weighted by molar-refractivity contribution is 0.0618. The van der Waals surface area contributed by atoms with E-state index in [-0.39, 0.29) is 18.4 Å². The van der Waals surface area contributed by atoms with Gasteiger partial charge in [0, 0.05) is 49.7 Å². The molecule has 0 unspecified atom stereocenters. The fourth-order valence-electron chi connectivity index (χ4n) is 4.02.